The molecule has 0 unspecified atom stereocenters. The molecule has 0 aromatic carbocycles. The third-order valence-electron chi connectivity index (χ3n) is 3.14. The minimum atomic E-state index is -4.67. The van der Waals surface area contributed by atoms with Gasteiger partial charge >= 0.3 is 6.18 Å². The third-order valence-corrected chi connectivity index (χ3v) is 3.14. The molecular weight excluding hydrogens is 283 g/mol. The van der Waals surface area contributed by atoms with E-state index in [0.717, 1.165) is 5.56 Å². The maximum Gasteiger partial charge on any atom is 0.435 e. The van der Waals surface area contributed by atoms with Crippen LogP contribution in [-0.4, -0.2) is 33.8 Å². The van der Waals surface area contributed by atoms with Crippen LogP contribution in [0.2, 0.25) is 0 Å². The van der Waals surface area contributed by atoms with Gasteiger partial charge in [-0.3, -0.25) is 9.20 Å². The summed E-state index contributed by atoms with van der Waals surface area (Å²) in [5.41, 5.74) is -0.708. The van der Waals surface area contributed by atoms with Crippen molar-refractivity contribution in [1.82, 2.24) is 14.3 Å². The van der Waals surface area contributed by atoms with Gasteiger partial charge in [-0.05, 0) is 25.0 Å². The molecule has 2 aromatic rings. The maximum absolute atomic E-state index is 13.2. The van der Waals surface area contributed by atoms with Gasteiger partial charge < -0.3 is 4.90 Å². The molecule has 7 heteroatoms. The number of rotatable bonds is 3. The quantitative estimate of drug-likeness (QED) is 0.873. The summed E-state index contributed by atoms with van der Waals surface area (Å²) < 4.78 is 40.7. The van der Waals surface area contributed by atoms with E-state index in [1.165, 1.54) is 28.6 Å². The molecule has 2 heterocycles. The van der Waals surface area contributed by atoms with Crippen molar-refractivity contribution in [3.05, 3.63) is 35.3 Å². The second-order valence-corrected chi connectivity index (χ2v) is 4.97. The minimum Gasteiger partial charge on any atom is -0.340 e. The summed E-state index contributed by atoms with van der Waals surface area (Å²) in [4.78, 5) is 17.2. The van der Waals surface area contributed by atoms with E-state index >= 15 is 0 Å². The molecule has 21 heavy (non-hydrogen) atoms. The number of hydrogen-bond acceptors (Lipinski definition) is 2. The van der Waals surface area contributed by atoms with Gasteiger partial charge in [-0.2, -0.15) is 13.2 Å². The first kappa shape index (κ1) is 15.3. The molecule has 0 bridgehead atoms. The minimum absolute atomic E-state index is 0.112. The first-order valence-electron chi connectivity index (χ1n) is 6.57. The third kappa shape index (κ3) is 2.86. The van der Waals surface area contributed by atoms with Gasteiger partial charge in [0.2, 0.25) is 0 Å². The summed E-state index contributed by atoms with van der Waals surface area (Å²) >= 11 is 0. The molecule has 0 aliphatic heterocycles. The van der Waals surface area contributed by atoms with Gasteiger partial charge in [0.1, 0.15) is 11.3 Å². The number of hydrogen-bond donors (Lipinski definition) is 0. The fourth-order valence-electron chi connectivity index (χ4n) is 2.17. The molecule has 0 aliphatic rings. The van der Waals surface area contributed by atoms with E-state index in [-0.39, 0.29) is 5.65 Å². The molecule has 114 valence electrons. The number of aromatic nitrogens is 2. The van der Waals surface area contributed by atoms with Crippen LogP contribution in [-0.2, 0) is 6.18 Å². The SMILES string of the molecule is CCCN(C)C(=O)c1c(C(F)(F)F)nc2ccc(C)cn12. The van der Waals surface area contributed by atoms with Crippen molar-refractivity contribution >= 4 is 11.6 Å². The number of amides is 1. The fourth-order valence-corrected chi connectivity index (χ4v) is 2.17. The summed E-state index contributed by atoms with van der Waals surface area (Å²) in [6, 6.07) is 3.13. The highest BCUT2D eigenvalue weighted by Gasteiger charge is 2.40. The Hall–Kier alpha value is -2.05. The predicted octanol–water partition coefficient (Wildman–Crippen LogP) is 3.14. The van der Waals surface area contributed by atoms with Crippen LogP contribution in [0.3, 0.4) is 0 Å². The maximum atomic E-state index is 13.2. The average molecular weight is 299 g/mol. The lowest BCUT2D eigenvalue weighted by Gasteiger charge is -2.17. The standard InChI is InChI=1S/C14H16F3N3O/c1-4-7-19(3)13(21)11-12(14(15,16)17)18-10-6-5-9(2)8-20(10)11/h5-6,8H,4,7H2,1-3H3. The highest BCUT2D eigenvalue weighted by atomic mass is 19.4. The van der Waals surface area contributed by atoms with E-state index in [4.69, 9.17) is 0 Å². The number of fused-ring (bicyclic) bond motifs is 1. The van der Waals surface area contributed by atoms with E-state index in [0.29, 0.717) is 13.0 Å². The van der Waals surface area contributed by atoms with Crippen LogP contribution < -0.4 is 0 Å². The number of pyridine rings is 1. The van der Waals surface area contributed by atoms with Crippen molar-refractivity contribution in [2.24, 2.45) is 0 Å². The van der Waals surface area contributed by atoms with Crippen LogP contribution in [0.4, 0.5) is 13.2 Å². The highest BCUT2D eigenvalue weighted by Crippen LogP contribution is 2.32. The molecule has 1 amide bonds. The Morgan fingerprint density at radius 2 is 2.05 bits per heavy atom. The molecule has 4 nitrogen and oxygen atoms in total. The summed E-state index contributed by atoms with van der Waals surface area (Å²) in [6.07, 6.45) is -2.51. The zero-order chi connectivity index (χ0) is 15.8. The second-order valence-electron chi connectivity index (χ2n) is 4.97. The van der Waals surface area contributed by atoms with Gasteiger partial charge in [0, 0.05) is 19.8 Å². The van der Waals surface area contributed by atoms with Crippen molar-refractivity contribution < 1.29 is 18.0 Å². The number of alkyl halides is 3. The van der Waals surface area contributed by atoms with Gasteiger partial charge in [-0.25, -0.2) is 4.98 Å². The van der Waals surface area contributed by atoms with E-state index in [9.17, 15) is 18.0 Å². The van der Waals surface area contributed by atoms with Crippen LogP contribution in [0.15, 0.2) is 18.3 Å². The van der Waals surface area contributed by atoms with Crippen molar-refractivity contribution in [3.8, 4) is 0 Å². The molecule has 2 aromatic heterocycles. The fraction of sp³-hybridized carbons (Fsp3) is 0.429. The molecule has 0 saturated carbocycles. The van der Waals surface area contributed by atoms with Crippen molar-refractivity contribution in [3.63, 3.8) is 0 Å². The van der Waals surface area contributed by atoms with Crippen LogP contribution in [0, 0.1) is 6.92 Å². The first-order chi connectivity index (χ1) is 9.75. The van der Waals surface area contributed by atoms with Gasteiger partial charge in [0.15, 0.2) is 5.69 Å². The molecule has 0 fully saturated rings. The number of carbonyl (C=O) groups excluding carboxylic acids is 1. The number of imidazole rings is 1. The lowest BCUT2D eigenvalue weighted by Crippen LogP contribution is -2.30. The average Bonchev–Trinajstić information content (AvgIpc) is 2.76. The Morgan fingerprint density at radius 1 is 1.38 bits per heavy atom. The van der Waals surface area contributed by atoms with E-state index in [1.54, 1.807) is 13.0 Å². The summed E-state index contributed by atoms with van der Waals surface area (Å²) in [5, 5.41) is 0. The topological polar surface area (TPSA) is 37.6 Å². The van der Waals surface area contributed by atoms with Crippen molar-refractivity contribution in [2.45, 2.75) is 26.4 Å². The van der Waals surface area contributed by atoms with Gasteiger partial charge in [0.05, 0.1) is 0 Å². The Bertz CT molecular complexity index is 676. The molecule has 0 saturated heterocycles. The number of carbonyl (C=O) groups is 1. The second kappa shape index (κ2) is 5.38. The molecule has 2 rings (SSSR count). The Kier molecular flexibility index (Phi) is 3.93. The molecule has 0 aliphatic carbocycles. The monoisotopic (exact) mass is 299 g/mol. The molecule has 0 N–H and O–H groups in total. The summed E-state index contributed by atoms with van der Waals surface area (Å²) in [6.45, 7) is 3.99. The largest absolute Gasteiger partial charge is 0.435 e. The Morgan fingerprint density at radius 3 is 2.62 bits per heavy atom. The lowest BCUT2D eigenvalue weighted by atomic mass is 10.2. The van der Waals surface area contributed by atoms with Crippen LogP contribution in [0.1, 0.15) is 35.1 Å². The number of aryl methyl sites for hydroxylation is 1. The number of nitrogens with zero attached hydrogens (tertiary/aromatic N) is 3. The predicted molar refractivity (Wildman–Crippen MR) is 72.2 cm³/mol. The van der Waals surface area contributed by atoms with E-state index in [2.05, 4.69) is 4.98 Å². The molecule has 0 radical (unpaired) electrons. The van der Waals surface area contributed by atoms with Gasteiger partial charge in [-0.15, -0.1) is 0 Å². The first-order valence-corrected chi connectivity index (χ1v) is 6.57. The zero-order valence-electron chi connectivity index (χ0n) is 12.0. The molecular formula is C14H16F3N3O. The summed E-state index contributed by atoms with van der Waals surface area (Å²) in [7, 11) is 1.49. The molecule has 0 spiro atoms. The highest BCUT2D eigenvalue weighted by molar-refractivity contribution is 5.94. The smallest absolute Gasteiger partial charge is 0.340 e. The van der Waals surface area contributed by atoms with E-state index in [1.807, 2.05) is 6.92 Å². The van der Waals surface area contributed by atoms with Crippen LogP contribution in [0.5, 0.6) is 0 Å². The van der Waals surface area contributed by atoms with Crippen molar-refractivity contribution in [2.75, 3.05) is 13.6 Å². The lowest BCUT2D eigenvalue weighted by molar-refractivity contribution is -0.141. The van der Waals surface area contributed by atoms with E-state index < -0.39 is 23.5 Å². The van der Waals surface area contributed by atoms with Crippen molar-refractivity contribution in [1.29, 1.82) is 0 Å². The summed E-state index contributed by atoms with van der Waals surface area (Å²) in [5.74, 6) is -0.678. The normalized spacial score (nSPS) is 11.9. The van der Waals surface area contributed by atoms with Gasteiger partial charge in [0.25, 0.3) is 5.91 Å². The van der Waals surface area contributed by atoms with Crippen LogP contribution in [0.25, 0.3) is 5.65 Å². The Labute approximate surface area is 120 Å². The van der Waals surface area contributed by atoms with Crippen LogP contribution >= 0.6 is 0 Å². The van der Waals surface area contributed by atoms with Gasteiger partial charge in [-0.1, -0.05) is 13.0 Å². The number of halogens is 3. The Balaban J connectivity index is 2.68. The zero-order valence-corrected chi connectivity index (χ0v) is 12.0. The molecule has 0 atom stereocenters.